The highest BCUT2D eigenvalue weighted by Crippen LogP contribution is 2.41. The topological polar surface area (TPSA) is 69.2 Å². The van der Waals surface area contributed by atoms with E-state index in [1.54, 1.807) is 11.8 Å². The summed E-state index contributed by atoms with van der Waals surface area (Å²) in [6.07, 6.45) is 3.00. The highest BCUT2D eigenvalue weighted by atomic mass is 32.2. The Bertz CT molecular complexity index is 1270. The van der Waals surface area contributed by atoms with Crippen molar-refractivity contribution in [3.8, 4) is 22.9 Å². The smallest absolute Gasteiger partial charge is 0.247 e. The van der Waals surface area contributed by atoms with Crippen LogP contribution in [0.2, 0.25) is 0 Å². The fourth-order valence-electron chi connectivity index (χ4n) is 3.93. The molecular formula is C28H28N4O2S. The molecule has 35 heavy (non-hydrogen) atoms. The van der Waals surface area contributed by atoms with Gasteiger partial charge in [-0.25, -0.2) is 0 Å². The van der Waals surface area contributed by atoms with Gasteiger partial charge >= 0.3 is 0 Å². The summed E-state index contributed by atoms with van der Waals surface area (Å²) in [6, 6.07) is 26.1. The van der Waals surface area contributed by atoms with E-state index in [1.165, 1.54) is 12.8 Å². The summed E-state index contributed by atoms with van der Waals surface area (Å²) in [5.41, 5.74) is 4.45. The quantitative estimate of drug-likeness (QED) is 0.205. The fraction of sp³-hybridized carbons (Fsp3) is 0.250. The summed E-state index contributed by atoms with van der Waals surface area (Å²) in [6.45, 7) is 2.67. The summed E-state index contributed by atoms with van der Waals surface area (Å²) >= 11 is 1.62. The number of thioether (sulfide) groups is 1. The number of fused-ring (bicyclic) bond motifs is 3. The predicted molar refractivity (Wildman–Crippen MR) is 140 cm³/mol. The molecule has 0 aliphatic carbocycles. The summed E-state index contributed by atoms with van der Waals surface area (Å²) in [5.74, 6) is 2.19. The van der Waals surface area contributed by atoms with Gasteiger partial charge in [0.1, 0.15) is 12.4 Å². The molecule has 7 heteroatoms. The molecule has 1 aliphatic heterocycles. The lowest BCUT2D eigenvalue weighted by Crippen LogP contribution is -2.18. The number of ether oxygens (including phenoxy) is 2. The molecule has 0 radical (unpaired) electrons. The zero-order valence-corrected chi connectivity index (χ0v) is 20.5. The Morgan fingerprint density at radius 3 is 2.60 bits per heavy atom. The first kappa shape index (κ1) is 23.2. The number of hydrogen-bond donors (Lipinski definition) is 1. The van der Waals surface area contributed by atoms with Crippen molar-refractivity contribution in [1.82, 2.24) is 15.2 Å². The van der Waals surface area contributed by atoms with Crippen molar-refractivity contribution in [2.24, 2.45) is 0 Å². The van der Waals surface area contributed by atoms with E-state index in [4.69, 9.17) is 14.5 Å². The number of para-hydroxylation sites is 2. The number of unbranched alkanes of at least 4 members (excludes halogenated alkanes) is 2. The molecule has 6 nitrogen and oxygen atoms in total. The molecule has 1 atom stereocenters. The molecule has 0 fully saturated rings. The lowest BCUT2D eigenvalue weighted by molar-refractivity contribution is 0.214. The Hall–Kier alpha value is -3.58. The maximum absolute atomic E-state index is 6.47. The van der Waals surface area contributed by atoms with Gasteiger partial charge in [0.05, 0.1) is 5.56 Å². The maximum atomic E-state index is 6.47. The van der Waals surface area contributed by atoms with Crippen LogP contribution in [-0.4, -0.2) is 20.9 Å². The molecule has 178 valence electrons. The second-order valence-electron chi connectivity index (χ2n) is 8.30. The predicted octanol–water partition coefficient (Wildman–Crippen LogP) is 6.90. The number of nitrogens with one attached hydrogen (secondary N) is 1. The van der Waals surface area contributed by atoms with E-state index in [-0.39, 0.29) is 0 Å². The largest absolute Gasteiger partial charge is 0.488 e. The molecule has 1 aliphatic rings. The van der Waals surface area contributed by atoms with Crippen LogP contribution in [0.1, 0.15) is 43.5 Å². The van der Waals surface area contributed by atoms with Crippen LogP contribution in [0.15, 0.2) is 84.0 Å². The Balaban J connectivity index is 1.45. The normalized spacial score (nSPS) is 14.1. The van der Waals surface area contributed by atoms with E-state index in [2.05, 4.69) is 34.6 Å². The minimum atomic E-state index is -0.501. The van der Waals surface area contributed by atoms with Crippen LogP contribution in [0, 0.1) is 0 Å². The summed E-state index contributed by atoms with van der Waals surface area (Å²) in [5, 5.41) is 13.0. The van der Waals surface area contributed by atoms with Crippen LogP contribution in [0.3, 0.4) is 0 Å². The zero-order valence-electron chi connectivity index (χ0n) is 19.7. The molecule has 0 bridgehead atoms. The standard InChI is InChI=1S/C28H28N4O2S/c1-2-3-11-18-35-28-30-27-25(31-32-28)21-14-7-9-16-23(21)29-26(34-27)22-15-8-10-17-24(22)33-19-20-12-5-4-6-13-20/h4-10,12-17,26,29H,2-3,11,18-19H2,1H3/t26-/m1/s1. The van der Waals surface area contributed by atoms with Gasteiger partial charge in [-0.1, -0.05) is 92.2 Å². The lowest BCUT2D eigenvalue weighted by atomic mass is 10.1. The van der Waals surface area contributed by atoms with E-state index in [1.807, 2.05) is 66.7 Å². The fourth-order valence-corrected chi connectivity index (χ4v) is 4.71. The first-order chi connectivity index (χ1) is 17.3. The third kappa shape index (κ3) is 5.57. The lowest BCUT2D eigenvalue weighted by Gasteiger charge is -2.22. The van der Waals surface area contributed by atoms with E-state index < -0.39 is 6.23 Å². The third-order valence-electron chi connectivity index (χ3n) is 5.75. The molecule has 0 spiro atoms. The number of aromatic nitrogens is 3. The van der Waals surface area contributed by atoms with Crippen LogP contribution >= 0.6 is 11.8 Å². The second-order valence-corrected chi connectivity index (χ2v) is 9.37. The van der Waals surface area contributed by atoms with Crippen molar-refractivity contribution in [2.45, 2.75) is 44.2 Å². The van der Waals surface area contributed by atoms with Crippen LogP contribution in [0.4, 0.5) is 5.69 Å². The van der Waals surface area contributed by atoms with Gasteiger partial charge < -0.3 is 14.8 Å². The summed E-state index contributed by atoms with van der Waals surface area (Å²) in [7, 11) is 0. The van der Waals surface area contributed by atoms with Gasteiger partial charge in [0.25, 0.3) is 0 Å². The van der Waals surface area contributed by atoms with Crippen molar-refractivity contribution in [1.29, 1.82) is 0 Å². The number of anilines is 1. The van der Waals surface area contributed by atoms with Crippen LogP contribution in [-0.2, 0) is 6.61 Å². The van der Waals surface area contributed by atoms with E-state index in [0.29, 0.717) is 23.3 Å². The Kier molecular flexibility index (Phi) is 7.44. The molecular weight excluding hydrogens is 456 g/mol. The molecule has 1 N–H and O–H groups in total. The minimum absolute atomic E-state index is 0.471. The molecule has 0 amide bonds. The van der Waals surface area contributed by atoms with Gasteiger partial charge in [0.15, 0.2) is 5.69 Å². The SMILES string of the molecule is CCCCCSc1nnc2c(n1)O[C@H](c1ccccc1OCc1ccccc1)Nc1ccccc1-2. The van der Waals surface area contributed by atoms with Crippen molar-refractivity contribution in [2.75, 3.05) is 11.1 Å². The first-order valence-corrected chi connectivity index (χ1v) is 13.0. The maximum Gasteiger partial charge on any atom is 0.247 e. The third-order valence-corrected chi connectivity index (χ3v) is 6.68. The summed E-state index contributed by atoms with van der Waals surface area (Å²) in [4.78, 5) is 4.76. The average Bonchev–Trinajstić information content (AvgIpc) is 3.07. The average molecular weight is 485 g/mol. The van der Waals surface area contributed by atoms with Gasteiger partial charge in [-0.05, 0) is 30.2 Å². The zero-order chi connectivity index (χ0) is 23.9. The van der Waals surface area contributed by atoms with E-state index in [0.717, 1.165) is 40.3 Å². The van der Waals surface area contributed by atoms with Crippen LogP contribution < -0.4 is 14.8 Å². The number of nitrogens with zero attached hydrogens (tertiary/aromatic N) is 3. The molecule has 0 saturated carbocycles. The Morgan fingerprint density at radius 1 is 0.914 bits per heavy atom. The highest BCUT2D eigenvalue weighted by molar-refractivity contribution is 7.99. The highest BCUT2D eigenvalue weighted by Gasteiger charge is 2.27. The van der Waals surface area contributed by atoms with Gasteiger partial charge in [-0.2, -0.15) is 4.98 Å². The van der Waals surface area contributed by atoms with Crippen molar-refractivity contribution in [3.63, 3.8) is 0 Å². The number of rotatable bonds is 9. The molecule has 0 unspecified atom stereocenters. The summed E-state index contributed by atoms with van der Waals surface area (Å²) < 4.78 is 12.7. The molecule has 4 aromatic rings. The number of hydrogen-bond acceptors (Lipinski definition) is 7. The van der Waals surface area contributed by atoms with Crippen molar-refractivity contribution < 1.29 is 9.47 Å². The van der Waals surface area contributed by atoms with Crippen LogP contribution in [0.5, 0.6) is 11.6 Å². The molecule has 2 heterocycles. The van der Waals surface area contributed by atoms with E-state index in [9.17, 15) is 0 Å². The van der Waals surface area contributed by atoms with Gasteiger partial charge in [0, 0.05) is 17.0 Å². The van der Waals surface area contributed by atoms with Crippen molar-refractivity contribution in [3.05, 3.63) is 90.0 Å². The Morgan fingerprint density at radius 2 is 1.71 bits per heavy atom. The monoisotopic (exact) mass is 484 g/mol. The second kappa shape index (κ2) is 11.2. The van der Waals surface area contributed by atoms with Gasteiger partial charge in [-0.15, -0.1) is 10.2 Å². The molecule has 0 saturated heterocycles. The van der Waals surface area contributed by atoms with Crippen LogP contribution in [0.25, 0.3) is 11.3 Å². The number of benzene rings is 3. The van der Waals surface area contributed by atoms with Crippen molar-refractivity contribution >= 4 is 17.4 Å². The minimum Gasteiger partial charge on any atom is -0.488 e. The van der Waals surface area contributed by atoms with E-state index >= 15 is 0 Å². The van der Waals surface area contributed by atoms with Gasteiger partial charge in [-0.3, -0.25) is 0 Å². The first-order valence-electron chi connectivity index (χ1n) is 12.0. The molecule has 1 aromatic heterocycles. The van der Waals surface area contributed by atoms with Gasteiger partial charge in [0.2, 0.25) is 17.3 Å². The Labute approximate surface area is 210 Å². The molecule has 5 rings (SSSR count). The molecule has 3 aromatic carbocycles.